The van der Waals surface area contributed by atoms with Gasteiger partial charge in [0.05, 0.1) is 65.7 Å². The highest BCUT2D eigenvalue weighted by Gasteiger charge is 2.40. The molecule has 5 heterocycles. The molecule has 8 bridgehead atoms. The summed E-state index contributed by atoms with van der Waals surface area (Å²) in [5.41, 5.74) is -3.27. The lowest BCUT2D eigenvalue weighted by Gasteiger charge is -2.21. The van der Waals surface area contributed by atoms with Gasteiger partial charge in [0.1, 0.15) is 19.6 Å². The molecule has 0 radical (unpaired) electrons. The van der Waals surface area contributed by atoms with E-state index in [1.807, 2.05) is 0 Å². The van der Waals surface area contributed by atoms with Crippen LogP contribution in [0.2, 0.25) is 20.1 Å². The summed E-state index contributed by atoms with van der Waals surface area (Å²) in [6, 6.07) is 14.5. The van der Waals surface area contributed by atoms with Crippen LogP contribution in [0.1, 0.15) is 22.3 Å². The Balaban J connectivity index is 1.60. The van der Waals surface area contributed by atoms with Crippen LogP contribution in [0.25, 0.3) is 22.3 Å². The molecule has 0 atom stereocenters. The van der Waals surface area contributed by atoms with E-state index in [0.717, 1.165) is 30.3 Å². The summed E-state index contributed by atoms with van der Waals surface area (Å²) in [6.07, 6.45) is 12.2. The van der Waals surface area contributed by atoms with Crippen molar-refractivity contribution in [2.75, 3.05) is 0 Å². The van der Waals surface area contributed by atoms with Gasteiger partial charge in [0, 0.05) is 44.5 Å². The maximum Gasteiger partial charge on any atom is 0.296 e. The highest BCUT2D eigenvalue weighted by molar-refractivity contribution is 7.86. The molecule has 0 fully saturated rings. The van der Waals surface area contributed by atoms with Crippen molar-refractivity contribution in [3.05, 3.63) is 187 Å². The van der Waals surface area contributed by atoms with E-state index in [0.29, 0.717) is 17.1 Å². The van der Waals surface area contributed by atoms with Crippen molar-refractivity contribution in [3.8, 4) is 0 Å². The lowest BCUT2D eigenvalue weighted by Crippen LogP contribution is -2.14. The van der Waals surface area contributed by atoms with Crippen molar-refractivity contribution >= 4 is 132 Å². The molecule has 4 aromatic rings. The Hall–Kier alpha value is -5.72. The number of allylic oxidation sites excluding steroid dienone is 12. The number of hydrogen-bond acceptors (Lipinski definition) is 12. The molecule has 68 heavy (non-hydrogen) atoms. The van der Waals surface area contributed by atoms with Gasteiger partial charge in [0.25, 0.3) is 40.5 Å². The highest BCUT2D eigenvalue weighted by atomic mass is 35.5. The van der Waals surface area contributed by atoms with Gasteiger partial charge in [-0.3, -0.25) is 18.2 Å². The van der Waals surface area contributed by atoms with Crippen LogP contribution in [0.15, 0.2) is 184 Å². The van der Waals surface area contributed by atoms with E-state index in [1.54, 1.807) is 30.4 Å². The SMILES string of the molecule is O=S(=O)(O)c1c(Cl)cccc1C1=CC2=CC3=NC(=CC4=NC(=CC5=NC(=C(c6cccc(Cl)c6S(=O)(=O)O)C1=N2)C(c1cccc(Cl)c1S(=O)(=O)O)=C5c1cccc(Cl)c1S(=O)(=O)O)C=C4)C=C3. The third kappa shape index (κ3) is 8.67. The molecule has 0 amide bonds. The van der Waals surface area contributed by atoms with Crippen molar-refractivity contribution in [1.82, 2.24) is 0 Å². The number of halogens is 4. The zero-order valence-electron chi connectivity index (χ0n) is 33.5. The molecule has 24 heteroatoms. The van der Waals surface area contributed by atoms with Crippen LogP contribution in [-0.2, 0) is 40.5 Å². The van der Waals surface area contributed by atoms with Crippen LogP contribution >= 0.6 is 46.4 Å². The molecule has 4 aromatic carbocycles. The second kappa shape index (κ2) is 17.1. The average Bonchev–Trinajstić information content (AvgIpc) is 4.03. The number of benzene rings is 4. The molecule has 4 N–H and O–H groups in total. The van der Waals surface area contributed by atoms with Crippen molar-refractivity contribution < 1.29 is 51.9 Å². The maximum absolute atomic E-state index is 13.6. The molecule has 344 valence electrons. The molecule has 0 spiro atoms. The summed E-state index contributed by atoms with van der Waals surface area (Å²) in [4.78, 5) is 15.4. The van der Waals surface area contributed by atoms with E-state index in [-0.39, 0.29) is 33.8 Å². The van der Waals surface area contributed by atoms with Crippen LogP contribution in [0.5, 0.6) is 0 Å². The van der Waals surface area contributed by atoms with Crippen molar-refractivity contribution in [3.63, 3.8) is 0 Å². The van der Waals surface area contributed by atoms with Crippen LogP contribution in [0.3, 0.4) is 0 Å². The van der Waals surface area contributed by atoms with Gasteiger partial charge >= 0.3 is 0 Å². The Morgan fingerprint density at radius 3 is 1.22 bits per heavy atom. The molecule has 9 rings (SSSR count). The molecule has 0 saturated heterocycles. The van der Waals surface area contributed by atoms with Gasteiger partial charge in [0.2, 0.25) is 0 Å². The molecule has 0 unspecified atom stereocenters. The summed E-state index contributed by atoms with van der Waals surface area (Å²) in [7, 11) is -21.3. The quantitative estimate of drug-likeness (QED) is 0.120. The summed E-state index contributed by atoms with van der Waals surface area (Å²) in [6.45, 7) is 0. The van der Waals surface area contributed by atoms with E-state index < -0.39 is 119 Å². The number of aliphatic imine (C=N–C) groups is 4. The van der Waals surface area contributed by atoms with E-state index in [9.17, 15) is 51.9 Å². The Morgan fingerprint density at radius 1 is 0.382 bits per heavy atom. The summed E-state index contributed by atoms with van der Waals surface area (Å²) in [5.74, 6) is 0. The zero-order valence-corrected chi connectivity index (χ0v) is 39.8. The second-order valence-corrected chi connectivity index (χ2v) is 21.9. The van der Waals surface area contributed by atoms with Crippen molar-refractivity contribution in [2.45, 2.75) is 19.6 Å². The van der Waals surface area contributed by atoms with Gasteiger partial charge in [-0.15, -0.1) is 0 Å². The third-order valence-corrected chi connectivity index (χ3v) is 16.0. The molecular weight excluding hydrogens is 1050 g/mol. The second-order valence-electron chi connectivity index (χ2n) is 14.8. The Kier molecular flexibility index (Phi) is 11.9. The lowest BCUT2D eigenvalue weighted by molar-refractivity contribution is 0.480. The minimum Gasteiger partial charge on any atom is -0.282 e. The first kappa shape index (κ1) is 47.4. The lowest BCUT2D eigenvalue weighted by atomic mass is 9.85. The van der Waals surface area contributed by atoms with E-state index >= 15 is 0 Å². The predicted molar refractivity (Wildman–Crippen MR) is 259 cm³/mol. The minimum atomic E-state index is -5.41. The molecule has 16 nitrogen and oxygen atoms in total. The fourth-order valence-corrected chi connectivity index (χ4v) is 12.9. The van der Waals surface area contributed by atoms with E-state index in [1.165, 1.54) is 60.7 Å². The number of fused-ring (bicyclic) bond motifs is 4. The van der Waals surface area contributed by atoms with Gasteiger partial charge in [0.15, 0.2) is 0 Å². The minimum absolute atomic E-state index is 0.000314. The van der Waals surface area contributed by atoms with E-state index in [2.05, 4.69) is 9.98 Å². The standard InChI is InChI=1S/C44H24Cl4N4O12S4/c45-31-9-1-5-26(41(31)65(53,54)55)30-19-25-18-23-14-13-21(49-23)17-22-15-16-24(50-22)20-35-36(27-6-2-10-32(46)42(27)66(56,57)58)37(28-7-3-11-33(47)43(28)67(59,60)61)40(52-35)38(39(30)51-25)29-8-4-12-34(48)44(29)68(62,63)64/h1-20H,(H,53,54,55)(H,56,57,58)(H,59,60,61)(H,62,63,64). The molecular formula is C44H24Cl4N4O12S4. The number of hydrogen-bond donors (Lipinski definition) is 4. The topological polar surface area (TPSA) is 267 Å². The Labute approximate surface area is 407 Å². The number of nitrogens with zero attached hydrogens (tertiary/aromatic N) is 4. The molecule has 5 aliphatic heterocycles. The van der Waals surface area contributed by atoms with Crippen LogP contribution in [-0.4, -0.2) is 74.7 Å². The third-order valence-electron chi connectivity index (χ3n) is 10.5. The van der Waals surface area contributed by atoms with Crippen molar-refractivity contribution in [2.24, 2.45) is 20.0 Å². The summed E-state index contributed by atoms with van der Waals surface area (Å²) < 4.78 is 151. The smallest absolute Gasteiger partial charge is 0.282 e. The van der Waals surface area contributed by atoms with E-state index in [4.69, 9.17) is 56.4 Å². The Bertz CT molecular complexity index is 3940. The average molecular weight is 1070 g/mol. The summed E-state index contributed by atoms with van der Waals surface area (Å²) >= 11 is 26.2. The van der Waals surface area contributed by atoms with Gasteiger partial charge in [-0.05, 0) is 72.9 Å². The zero-order chi connectivity index (χ0) is 48.8. The van der Waals surface area contributed by atoms with Gasteiger partial charge in [-0.1, -0.05) is 94.9 Å². The first-order chi connectivity index (χ1) is 31.9. The molecule has 5 aliphatic rings. The van der Waals surface area contributed by atoms with Gasteiger partial charge in [-0.25, -0.2) is 20.0 Å². The predicted octanol–water partition coefficient (Wildman–Crippen LogP) is 9.29. The normalized spacial score (nSPS) is 17.2. The first-order valence-electron chi connectivity index (χ1n) is 19.0. The van der Waals surface area contributed by atoms with Gasteiger partial charge in [-0.2, -0.15) is 33.7 Å². The highest BCUT2D eigenvalue weighted by Crippen LogP contribution is 2.51. The molecule has 0 saturated carbocycles. The molecule has 0 aliphatic carbocycles. The molecule has 0 aromatic heterocycles. The Morgan fingerprint density at radius 2 is 0.765 bits per heavy atom. The summed E-state index contributed by atoms with van der Waals surface area (Å²) in [5, 5.41) is -2.14. The first-order valence-corrected chi connectivity index (χ1v) is 26.3. The monoisotopic (exact) mass is 1070 g/mol. The fraction of sp³-hybridized carbons (Fsp3) is 0. The van der Waals surface area contributed by atoms with Crippen LogP contribution in [0.4, 0.5) is 0 Å². The largest absolute Gasteiger partial charge is 0.296 e. The fourth-order valence-electron chi connectivity index (χ4n) is 8.01. The van der Waals surface area contributed by atoms with Gasteiger partial charge < -0.3 is 0 Å². The maximum atomic E-state index is 13.6. The van der Waals surface area contributed by atoms with Crippen LogP contribution in [0, 0.1) is 0 Å². The van der Waals surface area contributed by atoms with Crippen LogP contribution < -0.4 is 0 Å². The van der Waals surface area contributed by atoms with Crippen molar-refractivity contribution in [1.29, 1.82) is 0 Å². The number of rotatable bonds is 8.